The highest BCUT2D eigenvalue weighted by molar-refractivity contribution is 5.95. The van der Waals surface area contributed by atoms with E-state index in [1.807, 2.05) is 0 Å². The van der Waals surface area contributed by atoms with Gasteiger partial charge in [-0.05, 0) is 12.3 Å². The van der Waals surface area contributed by atoms with Gasteiger partial charge in [0.25, 0.3) is 0 Å². The second kappa shape index (κ2) is 13.1. The van der Waals surface area contributed by atoms with Crippen LogP contribution in [-0.4, -0.2) is 70.5 Å². The lowest BCUT2D eigenvalue weighted by Gasteiger charge is -2.26. The second-order valence-corrected chi connectivity index (χ2v) is 6.70. The SMILES string of the molecule is CCC(C)C(NC(=O)CN)C(=O)NC(CC(N)=O)C(=O)NC(CCC(=O)O)C(=O)O. The minimum Gasteiger partial charge on any atom is -0.481 e. The summed E-state index contributed by atoms with van der Waals surface area (Å²) in [5.74, 6) is -6.46. The van der Waals surface area contributed by atoms with Crippen LogP contribution in [0, 0.1) is 5.92 Å². The molecule has 0 heterocycles. The van der Waals surface area contributed by atoms with E-state index < -0.39 is 73.0 Å². The molecular weight excluding hydrogens is 402 g/mol. The molecule has 0 aliphatic heterocycles. The zero-order valence-electron chi connectivity index (χ0n) is 16.8. The molecule has 9 N–H and O–H groups in total. The number of nitrogens with one attached hydrogen (secondary N) is 3. The Hall–Kier alpha value is -3.22. The van der Waals surface area contributed by atoms with Crippen molar-refractivity contribution in [3.05, 3.63) is 0 Å². The smallest absolute Gasteiger partial charge is 0.326 e. The summed E-state index contributed by atoms with van der Waals surface area (Å²) < 4.78 is 0. The molecule has 0 aliphatic carbocycles. The lowest BCUT2D eigenvalue weighted by Crippen LogP contribution is -2.58. The van der Waals surface area contributed by atoms with Gasteiger partial charge in [-0.2, -0.15) is 0 Å². The highest BCUT2D eigenvalue weighted by Crippen LogP contribution is 2.09. The zero-order valence-corrected chi connectivity index (χ0v) is 16.8. The van der Waals surface area contributed by atoms with Gasteiger partial charge in [0.15, 0.2) is 0 Å². The number of rotatable bonds is 14. The Morgan fingerprint density at radius 1 is 0.933 bits per heavy atom. The summed E-state index contributed by atoms with van der Waals surface area (Å²) in [5, 5.41) is 24.6. The first-order valence-corrected chi connectivity index (χ1v) is 9.25. The molecule has 0 fully saturated rings. The Labute approximate surface area is 172 Å². The molecule has 0 saturated carbocycles. The van der Waals surface area contributed by atoms with E-state index in [9.17, 15) is 28.8 Å². The molecule has 0 aliphatic rings. The highest BCUT2D eigenvalue weighted by atomic mass is 16.4. The van der Waals surface area contributed by atoms with E-state index in [1.165, 1.54) is 0 Å². The van der Waals surface area contributed by atoms with Gasteiger partial charge in [-0.25, -0.2) is 4.79 Å². The fraction of sp³-hybridized carbons (Fsp3) is 0.647. The van der Waals surface area contributed by atoms with Crippen LogP contribution < -0.4 is 27.4 Å². The van der Waals surface area contributed by atoms with Crippen molar-refractivity contribution < 1.29 is 39.0 Å². The molecule has 0 saturated heterocycles. The molecule has 0 bridgehead atoms. The molecule has 0 radical (unpaired) electrons. The van der Waals surface area contributed by atoms with E-state index in [4.69, 9.17) is 21.7 Å². The maximum atomic E-state index is 12.6. The summed E-state index contributed by atoms with van der Waals surface area (Å²) >= 11 is 0. The molecule has 0 aromatic rings. The number of carboxylic acids is 2. The third-order valence-electron chi connectivity index (χ3n) is 4.30. The van der Waals surface area contributed by atoms with Gasteiger partial charge in [0, 0.05) is 6.42 Å². The largest absolute Gasteiger partial charge is 0.481 e. The number of carbonyl (C=O) groups excluding carboxylic acids is 4. The van der Waals surface area contributed by atoms with Crippen molar-refractivity contribution in [2.45, 2.75) is 57.7 Å². The minimum absolute atomic E-state index is 0.347. The van der Waals surface area contributed by atoms with Crippen LogP contribution in [0.5, 0.6) is 0 Å². The highest BCUT2D eigenvalue weighted by Gasteiger charge is 2.32. The Kier molecular flexibility index (Phi) is 11.7. The topological polar surface area (TPSA) is 231 Å². The van der Waals surface area contributed by atoms with Crippen LogP contribution in [0.15, 0.2) is 0 Å². The average Bonchev–Trinajstić information content (AvgIpc) is 2.66. The summed E-state index contributed by atoms with van der Waals surface area (Å²) in [4.78, 5) is 69.9. The van der Waals surface area contributed by atoms with Gasteiger partial charge in [-0.1, -0.05) is 20.3 Å². The molecule has 170 valence electrons. The number of aliphatic carboxylic acids is 2. The lowest BCUT2D eigenvalue weighted by molar-refractivity contribution is -0.143. The Balaban J connectivity index is 5.44. The lowest BCUT2D eigenvalue weighted by atomic mass is 9.97. The maximum absolute atomic E-state index is 12.6. The molecule has 13 nitrogen and oxygen atoms in total. The second-order valence-electron chi connectivity index (χ2n) is 6.70. The first kappa shape index (κ1) is 26.8. The molecule has 4 atom stereocenters. The van der Waals surface area contributed by atoms with Crippen molar-refractivity contribution in [2.24, 2.45) is 17.4 Å². The monoisotopic (exact) mass is 431 g/mol. The summed E-state index contributed by atoms with van der Waals surface area (Å²) in [6.45, 7) is 3.08. The van der Waals surface area contributed by atoms with Crippen molar-refractivity contribution in [1.29, 1.82) is 0 Å². The van der Waals surface area contributed by atoms with Crippen molar-refractivity contribution in [1.82, 2.24) is 16.0 Å². The van der Waals surface area contributed by atoms with Crippen LogP contribution in [0.1, 0.15) is 39.5 Å². The van der Waals surface area contributed by atoms with Gasteiger partial charge < -0.3 is 37.6 Å². The summed E-state index contributed by atoms with van der Waals surface area (Å²) in [5.41, 5.74) is 10.4. The number of amides is 4. The van der Waals surface area contributed by atoms with Crippen molar-refractivity contribution in [3.8, 4) is 0 Å². The predicted molar refractivity (Wildman–Crippen MR) is 103 cm³/mol. The quantitative estimate of drug-likeness (QED) is 0.151. The number of primary amides is 1. The number of hydrogen-bond acceptors (Lipinski definition) is 7. The number of nitrogens with two attached hydrogens (primary N) is 2. The van der Waals surface area contributed by atoms with Gasteiger partial charge in [0.05, 0.1) is 13.0 Å². The normalized spacial score (nSPS) is 14.5. The molecule has 0 rings (SSSR count). The number of carbonyl (C=O) groups is 6. The maximum Gasteiger partial charge on any atom is 0.326 e. The van der Waals surface area contributed by atoms with Crippen molar-refractivity contribution in [3.63, 3.8) is 0 Å². The van der Waals surface area contributed by atoms with E-state index in [0.717, 1.165) is 0 Å². The van der Waals surface area contributed by atoms with Crippen LogP contribution in [-0.2, 0) is 28.8 Å². The molecule has 0 aromatic carbocycles. The van der Waals surface area contributed by atoms with E-state index >= 15 is 0 Å². The number of hydrogen-bond donors (Lipinski definition) is 7. The van der Waals surface area contributed by atoms with E-state index in [1.54, 1.807) is 13.8 Å². The van der Waals surface area contributed by atoms with Crippen LogP contribution in [0.4, 0.5) is 0 Å². The first-order chi connectivity index (χ1) is 13.9. The van der Waals surface area contributed by atoms with Crippen LogP contribution in [0.2, 0.25) is 0 Å². The van der Waals surface area contributed by atoms with Gasteiger partial charge in [-0.15, -0.1) is 0 Å². The third-order valence-corrected chi connectivity index (χ3v) is 4.30. The Morgan fingerprint density at radius 2 is 1.50 bits per heavy atom. The predicted octanol–water partition coefficient (Wildman–Crippen LogP) is -2.73. The Bertz CT molecular complexity index is 669. The van der Waals surface area contributed by atoms with Gasteiger partial charge >= 0.3 is 11.9 Å². The van der Waals surface area contributed by atoms with Crippen LogP contribution in [0.3, 0.4) is 0 Å². The van der Waals surface area contributed by atoms with Gasteiger partial charge in [0.1, 0.15) is 18.1 Å². The van der Waals surface area contributed by atoms with Gasteiger partial charge in [0.2, 0.25) is 23.6 Å². The number of carboxylic acid groups (broad SMARTS) is 2. The molecule has 0 aromatic heterocycles. The Morgan fingerprint density at radius 3 is 1.93 bits per heavy atom. The molecule has 30 heavy (non-hydrogen) atoms. The summed E-state index contributed by atoms with van der Waals surface area (Å²) in [6.07, 6.45) is -1.08. The standard InChI is InChI=1S/C17H29N5O8/c1-3-8(2)14(22-12(24)7-18)16(28)21-10(6-11(19)23)15(27)20-9(17(29)30)4-5-13(25)26/h8-10,14H,3-7,18H2,1-2H3,(H2,19,23)(H,20,27)(H,21,28)(H,22,24)(H,25,26)(H,29,30). The molecular formula is C17H29N5O8. The minimum atomic E-state index is -1.55. The fourth-order valence-electron chi connectivity index (χ4n) is 2.40. The van der Waals surface area contributed by atoms with E-state index in [2.05, 4.69) is 16.0 Å². The molecule has 4 amide bonds. The summed E-state index contributed by atoms with van der Waals surface area (Å²) in [7, 11) is 0. The average molecular weight is 431 g/mol. The van der Waals surface area contributed by atoms with Crippen LogP contribution >= 0.6 is 0 Å². The van der Waals surface area contributed by atoms with E-state index in [-0.39, 0.29) is 12.5 Å². The molecule has 0 spiro atoms. The van der Waals surface area contributed by atoms with Crippen LogP contribution in [0.25, 0.3) is 0 Å². The third kappa shape index (κ3) is 9.82. The zero-order chi connectivity index (χ0) is 23.4. The first-order valence-electron chi connectivity index (χ1n) is 9.25. The van der Waals surface area contributed by atoms with Gasteiger partial charge in [-0.3, -0.25) is 24.0 Å². The fourth-order valence-corrected chi connectivity index (χ4v) is 2.40. The summed E-state index contributed by atoms with van der Waals surface area (Å²) in [6, 6.07) is -4.14. The molecule has 4 unspecified atom stereocenters. The van der Waals surface area contributed by atoms with Crippen molar-refractivity contribution >= 4 is 35.6 Å². The molecule has 13 heteroatoms. The van der Waals surface area contributed by atoms with E-state index in [0.29, 0.717) is 6.42 Å². The van der Waals surface area contributed by atoms with Crippen molar-refractivity contribution in [2.75, 3.05) is 6.54 Å².